The van der Waals surface area contributed by atoms with E-state index in [0.717, 1.165) is 33.6 Å². The van der Waals surface area contributed by atoms with E-state index in [1.54, 1.807) is 14.2 Å². The molecule has 2 aromatic carbocycles. The maximum Gasteiger partial charge on any atom is 0.140 e. The van der Waals surface area contributed by atoms with Crippen LogP contribution in [0.1, 0.15) is 33.4 Å². The Morgan fingerprint density at radius 3 is 1.24 bits per heavy atom. The molecule has 0 aliphatic rings. The second-order valence-electron chi connectivity index (χ2n) is 7.40. The van der Waals surface area contributed by atoms with Crippen molar-refractivity contribution >= 4 is 35.6 Å². The normalized spacial score (nSPS) is 14.1. The first-order chi connectivity index (χ1) is 13.7. The Morgan fingerprint density at radius 2 is 0.966 bits per heavy atom. The molecular weight excluding hydrogens is 380 g/mol. The Kier molecular flexibility index (Phi) is 8.62. The lowest BCUT2D eigenvalue weighted by molar-refractivity contribution is 0.203. The second-order valence-corrected chi connectivity index (χ2v) is 8.60. The van der Waals surface area contributed by atoms with Gasteiger partial charge < -0.3 is 9.47 Å². The molecule has 156 valence electrons. The van der Waals surface area contributed by atoms with Crippen molar-refractivity contribution in [2.75, 3.05) is 14.2 Å². The third-order valence-corrected chi connectivity index (χ3v) is 5.82. The zero-order valence-electron chi connectivity index (χ0n) is 18.7. The topological polar surface area (TPSA) is 43.2 Å². The number of thioether (sulfide) groups is 1. The van der Waals surface area contributed by atoms with Gasteiger partial charge in [-0.2, -0.15) is 0 Å². The maximum atomic E-state index is 5.60. The lowest BCUT2D eigenvalue weighted by Gasteiger charge is -2.16. The molecule has 0 aliphatic carbocycles. The van der Waals surface area contributed by atoms with Crippen molar-refractivity contribution in [3.63, 3.8) is 0 Å². The van der Waals surface area contributed by atoms with Crippen LogP contribution in [0, 0.1) is 41.5 Å². The highest BCUT2D eigenvalue weighted by Gasteiger charge is 2.14. The summed E-state index contributed by atoms with van der Waals surface area (Å²) in [5.74, 6) is 0. The molecule has 0 bridgehead atoms. The quantitative estimate of drug-likeness (QED) is 0.376. The number of methoxy groups -OCH3 is 2. The number of benzene rings is 2. The summed E-state index contributed by atoms with van der Waals surface area (Å²) in [7, 11) is 3.35. The van der Waals surface area contributed by atoms with Gasteiger partial charge in [-0.25, -0.2) is 0 Å². The van der Waals surface area contributed by atoms with Crippen molar-refractivity contribution in [2.45, 2.75) is 52.4 Å². The summed E-state index contributed by atoms with van der Waals surface area (Å²) in [5.41, 5.74) is 8.63. The third kappa shape index (κ3) is 6.53. The van der Waals surface area contributed by atoms with Crippen LogP contribution in [0.3, 0.4) is 0 Å². The van der Waals surface area contributed by atoms with E-state index in [9.17, 15) is 0 Å². The number of nitrogens with zero attached hydrogens (tertiary/aromatic N) is 2. The van der Waals surface area contributed by atoms with Crippen molar-refractivity contribution < 1.29 is 9.47 Å². The molecule has 4 nitrogen and oxygen atoms in total. The van der Waals surface area contributed by atoms with E-state index in [1.165, 1.54) is 22.9 Å². The summed E-state index contributed by atoms with van der Waals surface area (Å²) in [6, 6.07) is 8.58. The van der Waals surface area contributed by atoms with E-state index < -0.39 is 0 Å². The molecule has 29 heavy (non-hydrogen) atoms. The highest BCUT2D eigenvalue weighted by Crippen LogP contribution is 2.27. The zero-order valence-corrected chi connectivity index (χ0v) is 19.6. The van der Waals surface area contributed by atoms with E-state index >= 15 is 0 Å². The fraction of sp³-hybridized carbons (Fsp3) is 0.417. The molecular formula is C24H32N2O2S. The standard InChI is InChI=1S/C24H32N2O2S/c1-15-9-17(3)23(18(4)10-15)25-13-21(27-7)29-22(28-8)14-26-24-19(5)11-16(2)12-20(24)6/h9-14,21-22H,1-8H3. The molecule has 5 heteroatoms. The van der Waals surface area contributed by atoms with Gasteiger partial charge in [-0.3, -0.25) is 9.98 Å². The molecule has 0 aromatic heterocycles. The Hall–Kier alpha value is -1.95. The number of hydrogen-bond acceptors (Lipinski definition) is 5. The minimum absolute atomic E-state index is 0.244. The molecule has 2 atom stereocenters. The molecule has 0 saturated carbocycles. The number of aryl methyl sites for hydroxylation is 6. The van der Waals surface area contributed by atoms with Crippen molar-refractivity contribution in [1.82, 2.24) is 0 Å². The lowest BCUT2D eigenvalue weighted by atomic mass is 10.1. The summed E-state index contributed by atoms with van der Waals surface area (Å²) in [6.07, 6.45) is 3.66. The molecule has 2 aromatic rings. The minimum Gasteiger partial charge on any atom is -0.365 e. The van der Waals surface area contributed by atoms with Crippen molar-refractivity contribution in [1.29, 1.82) is 0 Å². The van der Waals surface area contributed by atoms with Gasteiger partial charge in [0.15, 0.2) is 0 Å². The molecule has 0 heterocycles. The van der Waals surface area contributed by atoms with Crippen molar-refractivity contribution in [3.8, 4) is 0 Å². The van der Waals surface area contributed by atoms with Crippen LogP contribution < -0.4 is 0 Å². The van der Waals surface area contributed by atoms with Gasteiger partial charge in [0.25, 0.3) is 0 Å². The van der Waals surface area contributed by atoms with Gasteiger partial charge >= 0.3 is 0 Å². The average Bonchev–Trinajstić information content (AvgIpc) is 2.63. The highest BCUT2D eigenvalue weighted by atomic mass is 32.2. The first-order valence-corrected chi connectivity index (χ1v) is 10.6. The largest absolute Gasteiger partial charge is 0.365 e. The van der Waals surface area contributed by atoms with Crippen LogP contribution in [0.5, 0.6) is 0 Å². The third-order valence-electron chi connectivity index (χ3n) is 4.65. The van der Waals surface area contributed by atoms with E-state index in [-0.39, 0.29) is 10.9 Å². The molecule has 0 aliphatic heterocycles. The summed E-state index contributed by atoms with van der Waals surface area (Å²) in [6.45, 7) is 12.5. The Bertz CT molecular complexity index is 786. The predicted octanol–water partition coefficient (Wildman–Crippen LogP) is 6.32. The number of rotatable bonds is 8. The fourth-order valence-corrected chi connectivity index (χ4v) is 4.21. The predicted molar refractivity (Wildman–Crippen MR) is 127 cm³/mol. The van der Waals surface area contributed by atoms with Crippen LogP contribution in [0.4, 0.5) is 11.4 Å². The van der Waals surface area contributed by atoms with Crippen LogP contribution in [-0.4, -0.2) is 37.5 Å². The molecule has 0 radical (unpaired) electrons. The number of hydrogen-bond donors (Lipinski definition) is 0. The molecule has 2 unspecified atom stereocenters. The van der Waals surface area contributed by atoms with Gasteiger partial charge in [-0.05, 0) is 63.8 Å². The Balaban J connectivity index is 2.14. The van der Waals surface area contributed by atoms with Gasteiger partial charge in [-0.15, -0.1) is 0 Å². The molecule has 2 rings (SSSR count). The Labute approximate surface area is 179 Å². The number of aliphatic imine (C=N–C) groups is 2. The molecule has 0 fully saturated rings. The van der Waals surface area contributed by atoms with Crippen LogP contribution in [0.2, 0.25) is 0 Å². The van der Waals surface area contributed by atoms with E-state index in [1.807, 2.05) is 12.4 Å². The summed E-state index contributed by atoms with van der Waals surface area (Å²) >= 11 is 1.51. The molecule has 0 spiro atoms. The van der Waals surface area contributed by atoms with E-state index in [0.29, 0.717) is 0 Å². The van der Waals surface area contributed by atoms with Crippen LogP contribution in [-0.2, 0) is 9.47 Å². The van der Waals surface area contributed by atoms with E-state index in [4.69, 9.17) is 19.5 Å². The smallest absolute Gasteiger partial charge is 0.140 e. The minimum atomic E-state index is -0.244. The number of ether oxygens (including phenoxy) is 2. The summed E-state index contributed by atoms with van der Waals surface area (Å²) in [4.78, 5) is 9.38. The Morgan fingerprint density at radius 1 is 0.655 bits per heavy atom. The second kappa shape index (κ2) is 10.7. The average molecular weight is 413 g/mol. The van der Waals surface area contributed by atoms with Crippen molar-refractivity contribution in [3.05, 3.63) is 57.6 Å². The SMILES string of the molecule is COC(C=Nc1c(C)cc(C)cc1C)SC(C=Nc1c(C)cc(C)cc1C)OC. The zero-order chi connectivity index (χ0) is 21.6. The van der Waals surface area contributed by atoms with E-state index in [2.05, 4.69) is 65.8 Å². The van der Waals surface area contributed by atoms with Crippen LogP contribution >= 0.6 is 11.8 Å². The summed E-state index contributed by atoms with van der Waals surface area (Å²) < 4.78 is 11.2. The van der Waals surface area contributed by atoms with Crippen LogP contribution in [0.25, 0.3) is 0 Å². The monoisotopic (exact) mass is 412 g/mol. The van der Waals surface area contributed by atoms with Crippen LogP contribution in [0.15, 0.2) is 34.3 Å². The molecule has 0 saturated heterocycles. The fourth-order valence-electron chi connectivity index (χ4n) is 3.46. The highest BCUT2D eigenvalue weighted by molar-refractivity contribution is 8.01. The van der Waals surface area contributed by atoms with Gasteiger partial charge in [0.2, 0.25) is 0 Å². The van der Waals surface area contributed by atoms with Gasteiger partial charge in [0, 0.05) is 26.6 Å². The molecule has 0 amide bonds. The van der Waals surface area contributed by atoms with Gasteiger partial charge in [0.1, 0.15) is 10.9 Å². The van der Waals surface area contributed by atoms with Crippen molar-refractivity contribution in [2.24, 2.45) is 9.98 Å². The molecule has 0 N–H and O–H groups in total. The maximum absolute atomic E-state index is 5.60. The van der Waals surface area contributed by atoms with Gasteiger partial charge in [-0.1, -0.05) is 47.2 Å². The van der Waals surface area contributed by atoms with Gasteiger partial charge in [0.05, 0.1) is 11.4 Å². The summed E-state index contributed by atoms with van der Waals surface area (Å²) in [5, 5.41) is 0. The first-order valence-electron chi connectivity index (χ1n) is 9.70. The lowest BCUT2D eigenvalue weighted by Crippen LogP contribution is -2.17. The first kappa shape index (κ1) is 23.3.